The van der Waals surface area contributed by atoms with Crippen molar-refractivity contribution in [3.05, 3.63) is 82.0 Å². The number of methoxy groups -OCH3 is 2. The fourth-order valence-electron chi connectivity index (χ4n) is 3.00. The fourth-order valence-corrected chi connectivity index (χ4v) is 3.64. The molecule has 8 nitrogen and oxygen atoms in total. The highest BCUT2D eigenvalue weighted by atomic mass is 32.1. The van der Waals surface area contributed by atoms with Crippen LogP contribution in [0.1, 0.15) is 20.8 Å². The van der Waals surface area contributed by atoms with Crippen molar-refractivity contribution in [2.24, 2.45) is 0 Å². The highest BCUT2D eigenvalue weighted by Crippen LogP contribution is 2.18. The van der Waals surface area contributed by atoms with Crippen molar-refractivity contribution in [3.63, 3.8) is 0 Å². The SMILES string of the molecule is COc1ccc(CNc2nc(NCc3ccc(OC)cc3)n(C(=O)c3cccs3)n2)cc1. The lowest BCUT2D eigenvalue weighted by Gasteiger charge is -2.07. The third-order valence-corrected chi connectivity index (χ3v) is 5.61. The number of rotatable bonds is 9. The number of carbonyl (C=O) groups is 1. The van der Waals surface area contributed by atoms with Gasteiger partial charge in [-0.1, -0.05) is 30.3 Å². The molecule has 0 amide bonds. The van der Waals surface area contributed by atoms with Gasteiger partial charge < -0.3 is 20.1 Å². The fraction of sp³-hybridized carbons (Fsp3) is 0.174. The van der Waals surface area contributed by atoms with E-state index >= 15 is 0 Å². The summed E-state index contributed by atoms with van der Waals surface area (Å²) in [5, 5.41) is 12.7. The van der Waals surface area contributed by atoms with Crippen molar-refractivity contribution < 1.29 is 14.3 Å². The first-order valence-corrected chi connectivity index (χ1v) is 10.8. The van der Waals surface area contributed by atoms with Gasteiger partial charge in [-0.25, -0.2) is 0 Å². The predicted octanol–water partition coefficient (Wildman–Crippen LogP) is 4.27. The van der Waals surface area contributed by atoms with Gasteiger partial charge in [-0.2, -0.15) is 9.67 Å². The number of nitrogens with zero attached hydrogens (tertiary/aromatic N) is 3. The van der Waals surface area contributed by atoms with Crippen LogP contribution in [-0.4, -0.2) is 34.9 Å². The molecule has 2 aromatic carbocycles. The van der Waals surface area contributed by atoms with Crippen molar-refractivity contribution in [1.29, 1.82) is 0 Å². The Hall–Kier alpha value is -3.85. The molecule has 0 unspecified atom stereocenters. The standard InChI is InChI=1S/C23H23N5O3S/c1-30-18-9-5-16(6-10-18)14-24-22-26-23(25-15-17-7-11-19(31-2)12-8-17)28(27-22)21(29)20-4-3-13-32-20/h3-13H,14-15H2,1-2H3,(H2,24,25,26,27). The minimum absolute atomic E-state index is 0.234. The van der Waals surface area contributed by atoms with Gasteiger partial charge >= 0.3 is 0 Å². The third-order valence-electron chi connectivity index (χ3n) is 4.75. The molecule has 0 aliphatic carbocycles. The van der Waals surface area contributed by atoms with Crippen LogP contribution in [0.3, 0.4) is 0 Å². The lowest BCUT2D eigenvalue weighted by molar-refractivity contribution is 0.0951. The van der Waals surface area contributed by atoms with Crippen molar-refractivity contribution in [3.8, 4) is 11.5 Å². The predicted molar refractivity (Wildman–Crippen MR) is 125 cm³/mol. The van der Waals surface area contributed by atoms with E-state index in [4.69, 9.17) is 9.47 Å². The lowest BCUT2D eigenvalue weighted by atomic mass is 10.2. The van der Waals surface area contributed by atoms with E-state index < -0.39 is 0 Å². The van der Waals surface area contributed by atoms with E-state index in [0.717, 1.165) is 22.6 Å². The van der Waals surface area contributed by atoms with Gasteiger partial charge in [0, 0.05) is 13.1 Å². The van der Waals surface area contributed by atoms with Gasteiger partial charge in [-0.15, -0.1) is 16.4 Å². The van der Waals surface area contributed by atoms with Gasteiger partial charge in [0.15, 0.2) is 0 Å². The van der Waals surface area contributed by atoms with E-state index in [1.54, 1.807) is 20.3 Å². The zero-order valence-electron chi connectivity index (χ0n) is 17.7. The summed E-state index contributed by atoms with van der Waals surface area (Å²) in [6.07, 6.45) is 0. The molecule has 0 radical (unpaired) electrons. The zero-order valence-corrected chi connectivity index (χ0v) is 18.6. The van der Waals surface area contributed by atoms with Gasteiger partial charge in [0.05, 0.1) is 19.1 Å². The average molecular weight is 450 g/mol. The molecule has 4 aromatic rings. The molecule has 0 aliphatic heterocycles. The second-order valence-corrected chi connectivity index (χ2v) is 7.80. The molecule has 32 heavy (non-hydrogen) atoms. The Morgan fingerprint density at radius 2 is 1.50 bits per heavy atom. The van der Waals surface area contributed by atoms with Crippen LogP contribution >= 0.6 is 11.3 Å². The summed E-state index contributed by atoms with van der Waals surface area (Å²) in [6.45, 7) is 0.997. The number of hydrogen-bond donors (Lipinski definition) is 2. The van der Waals surface area contributed by atoms with Crippen molar-refractivity contribution in [2.45, 2.75) is 13.1 Å². The summed E-state index contributed by atoms with van der Waals surface area (Å²) in [5.41, 5.74) is 2.07. The highest BCUT2D eigenvalue weighted by molar-refractivity contribution is 7.12. The van der Waals surface area contributed by atoms with Gasteiger partial charge in [-0.3, -0.25) is 4.79 Å². The first kappa shape index (κ1) is 21.4. The molecular weight excluding hydrogens is 426 g/mol. The Balaban J connectivity index is 1.51. The van der Waals surface area contributed by atoms with Gasteiger partial charge in [0.1, 0.15) is 11.5 Å². The van der Waals surface area contributed by atoms with Crippen LogP contribution in [0.25, 0.3) is 0 Å². The molecule has 2 aromatic heterocycles. The molecule has 0 bridgehead atoms. The van der Waals surface area contributed by atoms with E-state index in [2.05, 4.69) is 20.7 Å². The van der Waals surface area contributed by atoms with Crippen molar-refractivity contribution in [1.82, 2.24) is 14.8 Å². The summed E-state index contributed by atoms with van der Waals surface area (Å²) in [7, 11) is 3.27. The summed E-state index contributed by atoms with van der Waals surface area (Å²) in [5.74, 6) is 2.08. The van der Waals surface area contributed by atoms with Crippen LogP contribution in [0.5, 0.6) is 11.5 Å². The molecule has 2 N–H and O–H groups in total. The molecule has 0 aliphatic rings. The van der Waals surface area contributed by atoms with Gasteiger partial charge in [-0.05, 0) is 46.8 Å². The zero-order chi connectivity index (χ0) is 22.3. The molecule has 9 heteroatoms. The van der Waals surface area contributed by atoms with E-state index in [1.165, 1.54) is 16.0 Å². The van der Waals surface area contributed by atoms with Crippen LogP contribution in [0.4, 0.5) is 11.9 Å². The largest absolute Gasteiger partial charge is 0.497 e. The Bertz CT molecular complexity index is 1160. The monoisotopic (exact) mass is 449 g/mol. The number of thiophene rings is 1. The van der Waals surface area contributed by atoms with Crippen molar-refractivity contribution in [2.75, 3.05) is 24.9 Å². The number of nitrogens with one attached hydrogen (secondary N) is 2. The summed E-state index contributed by atoms with van der Waals surface area (Å²) >= 11 is 1.36. The Morgan fingerprint density at radius 1 is 0.906 bits per heavy atom. The van der Waals surface area contributed by atoms with Gasteiger partial charge in [0.2, 0.25) is 11.9 Å². The first-order valence-electron chi connectivity index (χ1n) is 9.95. The molecule has 0 fully saturated rings. The minimum Gasteiger partial charge on any atom is -0.497 e. The third kappa shape index (κ3) is 5.06. The highest BCUT2D eigenvalue weighted by Gasteiger charge is 2.18. The summed E-state index contributed by atoms with van der Waals surface area (Å²) < 4.78 is 11.7. The molecule has 4 rings (SSSR count). The maximum absolute atomic E-state index is 13.0. The second-order valence-electron chi connectivity index (χ2n) is 6.86. The molecule has 0 saturated carbocycles. The summed E-state index contributed by atoms with van der Waals surface area (Å²) in [6, 6.07) is 19.0. The van der Waals surface area contributed by atoms with E-state index in [0.29, 0.717) is 29.9 Å². The number of aromatic nitrogens is 3. The smallest absolute Gasteiger partial charge is 0.291 e. The molecule has 2 heterocycles. The van der Waals surface area contributed by atoms with E-state index in [9.17, 15) is 4.79 Å². The minimum atomic E-state index is -0.234. The van der Waals surface area contributed by atoms with Crippen LogP contribution in [-0.2, 0) is 13.1 Å². The Morgan fingerprint density at radius 3 is 2.03 bits per heavy atom. The van der Waals surface area contributed by atoms with Gasteiger partial charge in [0.25, 0.3) is 5.91 Å². The topological polar surface area (TPSA) is 90.3 Å². The average Bonchev–Trinajstić information content (AvgIpc) is 3.52. The molecular formula is C23H23N5O3S. The first-order chi connectivity index (χ1) is 15.7. The normalized spacial score (nSPS) is 10.6. The maximum Gasteiger partial charge on any atom is 0.291 e. The maximum atomic E-state index is 13.0. The molecule has 0 spiro atoms. The summed E-state index contributed by atoms with van der Waals surface area (Å²) in [4.78, 5) is 18.0. The number of benzene rings is 2. The molecule has 0 atom stereocenters. The van der Waals surface area contributed by atoms with Crippen LogP contribution in [0, 0.1) is 0 Å². The number of carbonyl (C=O) groups excluding carboxylic acids is 1. The van der Waals surface area contributed by atoms with E-state index in [-0.39, 0.29) is 5.91 Å². The Kier molecular flexibility index (Phi) is 6.66. The second kappa shape index (κ2) is 9.97. The lowest BCUT2D eigenvalue weighted by Crippen LogP contribution is -2.16. The van der Waals surface area contributed by atoms with Crippen LogP contribution < -0.4 is 20.1 Å². The number of ether oxygens (including phenoxy) is 2. The van der Waals surface area contributed by atoms with Crippen molar-refractivity contribution >= 4 is 29.1 Å². The quantitative estimate of drug-likeness (QED) is 0.394. The van der Waals surface area contributed by atoms with Crippen LogP contribution in [0.15, 0.2) is 66.0 Å². The Labute approximate surface area is 189 Å². The van der Waals surface area contributed by atoms with Crippen LogP contribution in [0.2, 0.25) is 0 Å². The number of anilines is 2. The van der Waals surface area contributed by atoms with E-state index in [1.807, 2.05) is 60.0 Å². The number of hydrogen-bond acceptors (Lipinski definition) is 8. The molecule has 0 saturated heterocycles. The molecule has 164 valence electrons.